The number of amides is 2. The Morgan fingerprint density at radius 3 is 2.68 bits per heavy atom. The number of nitrogens with one attached hydrogen (secondary N) is 3. The lowest BCUT2D eigenvalue weighted by Crippen LogP contribution is -2.20. The highest BCUT2D eigenvalue weighted by Crippen LogP contribution is 2.30. The predicted molar refractivity (Wildman–Crippen MR) is 151 cm³/mol. The highest BCUT2D eigenvalue weighted by Gasteiger charge is 2.13. The number of fused-ring (bicyclic) bond motifs is 1. The maximum Gasteiger partial charge on any atom is 0.323 e. The lowest BCUT2D eigenvalue weighted by Gasteiger charge is -2.13. The molecule has 5 rings (SSSR count). The smallest absolute Gasteiger partial charge is 0.323 e. The van der Waals surface area contributed by atoms with Gasteiger partial charge in [-0.1, -0.05) is 54.1 Å². The van der Waals surface area contributed by atoms with Gasteiger partial charge in [0.05, 0.1) is 29.2 Å². The first-order valence-corrected chi connectivity index (χ1v) is 12.5. The molecule has 2 amide bonds. The fourth-order valence-electron chi connectivity index (χ4n) is 3.85. The summed E-state index contributed by atoms with van der Waals surface area (Å²) in [6.07, 6.45) is 1.70. The number of ether oxygens (including phenoxy) is 1. The third-order valence-corrected chi connectivity index (χ3v) is 6.48. The Morgan fingerprint density at radius 1 is 1.03 bits per heavy atom. The lowest BCUT2D eigenvalue weighted by atomic mass is 10.1. The monoisotopic (exact) mass is 576 g/mol. The maximum atomic E-state index is 12.6. The van der Waals surface area contributed by atoms with E-state index in [1.54, 1.807) is 30.0 Å². The van der Waals surface area contributed by atoms with Gasteiger partial charge in [-0.25, -0.2) is 9.78 Å². The van der Waals surface area contributed by atoms with Gasteiger partial charge >= 0.3 is 6.03 Å². The van der Waals surface area contributed by atoms with Crippen LogP contribution >= 0.6 is 27.5 Å². The Hall–Kier alpha value is -4.08. The number of carbonyl (C=O) groups excluding carboxylic acids is 1. The van der Waals surface area contributed by atoms with Crippen LogP contribution in [-0.4, -0.2) is 27.7 Å². The molecule has 3 N–H and O–H groups in total. The van der Waals surface area contributed by atoms with Crippen molar-refractivity contribution in [2.45, 2.75) is 6.54 Å². The first-order valence-electron chi connectivity index (χ1n) is 11.3. The molecular weight excluding hydrogens is 556 g/mol. The largest absolute Gasteiger partial charge is 0.495 e. The molecular formula is C27H22BrClN6O2. The van der Waals surface area contributed by atoms with E-state index < -0.39 is 0 Å². The van der Waals surface area contributed by atoms with Crippen LogP contribution in [0.5, 0.6) is 5.75 Å². The Morgan fingerprint density at radius 2 is 1.84 bits per heavy atom. The number of hydrogen-bond donors (Lipinski definition) is 3. The number of nitrogens with zero attached hydrogens (tertiary/aromatic N) is 3. The third kappa shape index (κ3) is 5.52. The van der Waals surface area contributed by atoms with Gasteiger partial charge in [-0.2, -0.15) is 9.61 Å². The van der Waals surface area contributed by atoms with Crippen molar-refractivity contribution in [3.8, 4) is 17.0 Å². The summed E-state index contributed by atoms with van der Waals surface area (Å²) in [7, 11) is 1.56. The molecule has 0 aliphatic carbocycles. The zero-order valence-corrected chi connectivity index (χ0v) is 22.0. The molecule has 0 bridgehead atoms. The van der Waals surface area contributed by atoms with E-state index in [0.717, 1.165) is 27.1 Å². The molecule has 37 heavy (non-hydrogen) atoms. The molecule has 0 atom stereocenters. The molecule has 0 aliphatic heterocycles. The van der Waals surface area contributed by atoms with Gasteiger partial charge in [0.25, 0.3) is 0 Å². The predicted octanol–water partition coefficient (Wildman–Crippen LogP) is 7.08. The van der Waals surface area contributed by atoms with E-state index in [-0.39, 0.29) is 6.03 Å². The number of anilines is 3. The minimum absolute atomic E-state index is 0.365. The van der Waals surface area contributed by atoms with Gasteiger partial charge in [-0.05, 0) is 51.8 Å². The van der Waals surface area contributed by atoms with Crippen molar-refractivity contribution in [3.63, 3.8) is 0 Å². The summed E-state index contributed by atoms with van der Waals surface area (Å²) >= 11 is 9.96. The lowest BCUT2D eigenvalue weighted by molar-refractivity contribution is 0.262. The van der Waals surface area contributed by atoms with E-state index in [1.165, 1.54) is 0 Å². The molecule has 0 unspecified atom stereocenters. The van der Waals surface area contributed by atoms with Gasteiger partial charge < -0.3 is 20.7 Å². The standard InChI is InChI=1S/C27H22BrClN6O2/c1-37-24-12-5-4-11-22(24)34-27(36)32-18-8-6-7-17(13-18)15-30-25-14-23(19-9-2-3-10-21(19)29)33-26-20(28)16-31-35(25)26/h2-14,16,30H,15H2,1H3,(H2,32,34,36). The summed E-state index contributed by atoms with van der Waals surface area (Å²) in [6, 6.07) is 24.0. The van der Waals surface area contributed by atoms with Gasteiger partial charge in [0.15, 0.2) is 5.65 Å². The van der Waals surface area contributed by atoms with Crippen LogP contribution in [0.3, 0.4) is 0 Å². The van der Waals surface area contributed by atoms with Gasteiger partial charge in [0.1, 0.15) is 11.6 Å². The van der Waals surface area contributed by atoms with Crippen molar-refractivity contribution in [2.24, 2.45) is 0 Å². The summed E-state index contributed by atoms with van der Waals surface area (Å²) in [5.74, 6) is 1.33. The normalized spacial score (nSPS) is 10.8. The Kier molecular flexibility index (Phi) is 7.25. The molecule has 0 saturated heterocycles. The van der Waals surface area contributed by atoms with Crippen molar-refractivity contribution >= 4 is 56.4 Å². The number of urea groups is 1. The Labute approximate surface area is 226 Å². The fraction of sp³-hybridized carbons (Fsp3) is 0.0741. The number of hydrogen-bond acceptors (Lipinski definition) is 5. The number of rotatable bonds is 7. The van der Waals surface area contributed by atoms with Gasteiger partial charge in [0.2, 0.25) is 0 Å². The molecule has 0 spiro atoms. The summed E-state index contributed by atoms with van der Waals surface area (Å²) in [4.78, 5) is 17.3. The van der Waals surface area contributed by atoms with E-state index >= 15 is 0 Å². The van der Waals surface area contributed by atoms with Crippen molar-refractivity contribution in [1.29, 1.82) is 0 Å². The highest BCUT2D eigenvalue weighted by molar-refractivity contribution is 9.10. The molecule has 186 valence electrons. The van der Waals surface area contributed by atoms with Crippen LogP contribution in [0.4, 0.5) is 22.0 Å². The molecule has 8 nitrogen and oxygen atoms in total. The molecule has 0 radical (unpaired) electrons. The number of benzene rings is 3. The minimum Gasteiger partial charge on any atom is -0.495 e. The van der Waals surface area contributed by atoms with Crippen LogP contribution in [0, 0.1) is 0 Å². The molecule has 0 fully saturated rings. The first-order chi connectivity index (χ1) is 18.0. The van der Waals surface area contributed by atoms with Gasteiger partial charge in [0, 0.05) is 28.9 Å². The first kappa shape index (κ1) is 24.6. The van der Waals surface area contributed by atoms with E-state index in [1.807, 2.05) is 66.7 Å². The molecule has 5 aromatic rings. The Bertz CT molecular complexity index is 1590. The summed E-state index contributed by atoms with van der Waals surface area (Å²) in [6.45, 7) is 0.488. The summed E-state index contributed by atoms with van der Waals surface area (Å²) < 4.78 is 7.80. The highest BCUT2D eigenvalue weighted by atomic mass is 79.9. The number of halogens is 2. The van der Waals surface area contributed by atoms with E-state index in [2.05, 4.69) is 37.0 Å². The summed E-state index contributed by atoms with van der Waals surface area (Å²) in [5, 5.41) is 14.2. The second kappa shape index (κ2) is 10.9. The van der Waals surface area contributed by atoms with Crippen LogP contribution < -0.4 is 20.7 Å². The van der Waals surface area contributed by atoms with Crippen LogP contribution in [-0.2, 0) is 6.54 Å². The van der Waals surface area contributed by atoms with E-state index in [9.17, 15) is 4.79 Å². The van der Waals surface area contributed by atoms with Crippen LogP contribution in [0.25, 0.3) is 16.9 Å². The van der Waals surface area contributed by atoms with Crippen LogP contribution in [0.1, 0.15) is 5.56 Å². The molecule has 2 heterocycles. The van der Waals surface area contributed by atoms with Crippen LogP contribution in [0.2, 0.25) is 5.02 Å². The molecule has 10 heteroatoms. The maximum absolute atomic E-state index is 12.6. The van der Waals surface area contributed by atoms with Gasteiger partial charge in [-0.3, -0.25) is 0 Å². The zero-order valence-electron chi connectivity index (χ0n) is 19.7. The summed E-state index contributed by atoms with van der Waals surface area (Å²) in [5.41, 5.74) is 4.43. The number of carbonyl (C=O) groups is 1. The van der Waals surface area contributed by atoms with Crippen LogP contribution in [0.15, 0.2) is 89.5 Å². The molecule has 0 saturated carbocycles. The molecule has 3 aromatic carbocycles. The van der Waals surface area contributed by atoms with Crippen molar-refractivity contribution < 1.29 is 9.53 Å². The second-order valence-corrected chi connectivity index (χ2v) is 9.33. The topological polar surface area (TPSA) is 92.6 Å². The van der Waals surface area contributed by atoms with Gasteiger partial charge in [-0.15, -0.1) is 0 Å². The number of aromatic nitrogens is 3. The average molecular weight is 578 g/mol. The SMILES string of the molecule is COc1ccccc1NC(=O)Nc1cccc(CNc2cc(-c3ccccc3Cl)nc3c(Br)cnn23)c1. The number of para-hydroxylation sites is 2. The molecule has 2 aromatic heterocycles. The molecule has 0 aliphatic rings. The van der Waals surface area contributed by atoms with Crippen molar-refractivity contribution in [3.05, 3.63) is 100 Å². The minimum atomic E-state index is -0.365. The quantitative estimate of drug-likeness (QED) is 0.192. The fourth-order valence-corrected chi connectivity index (χ4v) is 4.43. The average Bonchev–Trinajstić information content (AvgIpc) is 3.28. The Balaban J connectivity index is 1.34. The zero-order chi connectivity index (χ0) is 25.8. The second-order valence-electron chi connectivity index (χ2n) is 8.07. The third-order valence-electron chi connectivity index (χ3n) is 5.59. The number of methoxy groups -OCH3 is 1. The van der Waals surface area contributed by atoms with E-state index in [0.29, 0.717) is 34.3 Å². The van der Waals surface area contributed by atoms with Crippen molar-refractivity contribution in [2.75, 3.05) is 23.1 Å². The van der Waals surface area contributed by atoms with E-state index in [4.69, 9.17) is 21.3 Å². The van der Waals surface area contributed by atoms with Crippen molar-refractivity contribution in [1.82, 2.24) is 14.6 Å².